The minimum atomic E-state index is -0.289. The number of morpholine rings is 1. The molecule has 0 bridgehead atoms. The molecule has 0 saturated carbocycles. The summed E-state index contributed by atoms with van der Waals surface area (Å²) in [6.45, 7) is 5.84. The van der Waals surface area contributed by atoms with Crippen LogP contribution in [0.25, 0.3) is 0 Å². The van der Waals surface area contributed by atoms with Crippen molar-refractivity contribution in [2.45, 2.75) is 31.8 Å². The van der Waals surface area contributed by atoms with E-state index in [2.05, 4.69) is 22.1 Å². The molecule has 0 radical (unpaired) electrons. The Morgan fingerprint density at radius 2 is 2.40 bits per heavy atom. The van der Waals surface area contributed by atoms with E-state index in [-0.39, 0.29) is 11.9 Å². The maximum absolute atomic E-state index is 12.9. The second kappa shape index (κ2) is 7.67. The van der Waals surface area contributed by atoms with Crippen LogP contribution in [0.5, 0.6) is 0 Å². The van der Waals surface area contributed by atoms with Gasteiger partial charge in [0.1, 0.15) is 5.82 Å². The molecule has 1 N–H and O–H groups in total. The smallest absolute Gasteiger partial charge is 0.141 e. The highest BCUT2D eigenvalue weighted by Gasteiger charge is 2.22. The fraction of sp³-hybridized carbons (Fsp3) is 0.667. The summed E-state index contributed by atoms with van der Waals surface area (Å²) in [5, 5.41) is 3.27. The molecule has 1 fully saturated rings. The number of ether oxygens (including phenoxy) is 1. The van der Waals surface area contributed by atoms with Crippen LogP contribution in [0, 0.1) is 5.82 Å². The topological polar surface area (TPSA) is 37.4 Å². The van der Waals surface area contributed by atoms with Gasteiger partial charge in [0.25, 0.3) is 0 Å². The largest absolute Gasteiger partial charge is 0.378 e. The Balaban J connectivity index is 1.91. The van der Waals surface area contributed by atoms with Crippen LogP contribution in [-0.4, -0.2) is 49.3 Å². The van der Waals surface area contributed by atoms with E-state index >= 15 is 0 Å². The number of halogens is 1. The maximum Gasteiger partial charge on any atom is 0.141 e. The first-order chi connectivity index (χ1) is 9.74. The van der Waals surface area contributed by atoms with E-state index in [1.165, 1.54) is 12.3 Å². The van der Waals surface area contributed by atoms with Gasteiger partial charge in [-0.2, -0.15) is 0 Å². The van der Waals surface area contributed by atoms with Crippen LogP contribution in [0.4, 0.5) is 4.39 Å². The van der Waals surface area contributed by atoms with Crippen LogP contribution in [-0.2, 0) is 4.74 Å². The molecule has 5 heteroatoms. The van der Waals surface area contributed by atoms with Crippen molar-refractivity contribution in [2.24, 2.45) is 0 Å². The molecule has 20 heavy (non-hydrogen) atoms. The van der Waals surface area contributed by atoms with Gasteiger partial charge in [0.05, 0.1) is 31.1 Å². The predicted octanol–water partition coefficient (Wildman–Crippen LogP) is 1.98. The van der Waals surface area contributed by atoms with Crippen LogP contribution in [0.2, 0.25) is 0 Å². The highest BCUT2D eigenvalue weighted by Crippen LogP contribution is 2.17. The molecule has 0 spiro atoms. The standard InChI is InChI=1S/C15H24FN3O/c1-3-13-11-20-9-8-19(13)7-6-14(17-2)15-5-4-12(16)10-18-15/h4-5,10,13-14,17H,3,6-9,11H2,1-2H3. The molecule has 1 saturated heterocycles. The number of hydrogen-bond donors (Lipinski definition) is 1. The molecule has 2 rings (SSSR count). The van der Waals surface area contributed by atoms with Crippen molar-refractivity contribution in [2.75, 3.05) is 33.4 Å². The van der Waals surface area contributed by atoms with Gasteiger partial charge < -0.3 is 10.1 Å². The SMILES string of the molecule is CCC1COCCN1CCC(NC)c1ccc(F)cn1. The van der Waals surface area contributed by atoms with Crippen molar-refractivity contribution in [3.63, 3.8) is 0 Å². The zero-order valence-corrected chi connectivity index (χ0v) is 12.3. The van der Waals surface area contributed by atoms with Gasteiger partial charge in [-0.05, 0) is 32.0 Å². The first kappa shape index (κ1) is 15.4. The fourth-order valence-corrected chi connectivity index (χ4v) is 2.69. The van der Waals surface area contributed by atoms with Crippen molar-refractivity contribution >= 4 is 0 Å². The van der Waals surface area contributed by atoms with Crippen LogP contribution >= 0.6 is 0 Å². The Kier molecular flexibility index (Phi) is 5.88. The van der Waals surface area contributed by atoms with Crippen LogP contribution < -0.4 is 5.32 Å². The lowest BCUT2D eigenvalue weighted by atomic mass is 10.1. The predicted molar refractivity (Wildman–Crippen MR) is 77.1 cm³/mol. The molecule has 1 aliphatic rings. The third kappa shape index (κ3) is 3.98. The normalized spacial score (nSPS) is 21.9. The van der Waals surface area contributed by atoms with Gasteiger partial charge in [0, 0.05) is 19.1 Å². The lowest BCUT2D eigenvalue weighted by Crippen LogP contribution is -2.46. The van der Waals surface area contributed by atoms with Gasteiger partial charge >= 0.3 is 0 Å². The Morgan fingerprint density at radius 3 is 3.05 bits per heavy atom. The number of nitrogens with one attached hydrogen (secondary N) is 1. The molecule has 1 aromatic rings. The second-order valence-corrected chi connectivity index (χ2v) is 5.20. The monoisotopic (exact) mass is 281 g/mol. The van der Waals surface area contributed by atoms with E-state index in [0.29, 0.717) is 6.04 Å². The van der Waals surface area contributed by atoms with Gasteiger partial charge in [0.2, 0.25) is 0 Å². The van der Waals surface area contributed by atoms with Crippen molar-refractivity contribution in [3.8, 4) is 0 Å². The molecule has 0 aromatic carbocycles. The van der Waals surface area contributed by atoms with Crippen molar-refractivity contribution < 1.29 is 9.13 Å². The van der Waals surface area contributed by atoms with Crippen LogP contribution in [0.3, 0.4) is 0 Å². The summed E-state index contributed by atoms with van der Waals surface area (Å²) in [6, 6.07) is 3.90. The van der Waals surface area contributed by atoms with E-state index in [4.69, 9.17) is 4.74 Å². The van der Waals surface area contributed by atoms with Crippen LogP contribution in [0.1, 0.15) is 31.5 Å². The third-order valence-corrected chi connectivity index (χ3v) is 3.98. The summed E-state index contributed by atoms with van der Waals surface area (Å²) in [6.07, 6.45) is 3.36. The second-order valence-electron chi connectivity index (χ2n) is 5.20. The fourth-order valence-electron chi connectivity index (χ4n) is 2.69. The highest BCUT2D eigenvalue weighted by atomic mass is 19.1. The highest BCUT2D eigenvalue weighted by molar-refractivity contribution is 5.09. The number of pyridine rings is 1. The molecule has 2 heterocycles. The van der Waals surface area contributed by atoms with Gasteiger partial charge in [-0.1, -0.05) is 6.92 Å². The minimum Gasteiger partial charge on any atom is -0.378 e. The summed E-state index contributed by atoms with van der Waals surface area (Å²) < 4.78 is 18.4. The lowest BCUT2D eigenvalue weighted by Gasteiger charge is -2.35. The number of aromatic nitrogens is 1. The number of nitrogens with zero attached hydrogens (tertiary/aromatic N) is 2. The van der Waals surface area contributed by atoms with Gasteiger partial charge in [0.15, 0.2) is 0 Å². The molecule has 2 unspecified atom stereocenters. The van der Waals surface area contributed by atoms with Gasteiger partial charge in [-0.15, -0.1) is 0 Å². The Hall–Kier alpha value is -1.04. The first-order valence-corrected chi connectivity index (χ1v) is 7.35. The molecule has 1 aromatic heterocycles. The summed E-state index contributed by atoms with van der Waals surface area (Å²) in [4.78, 5) is 6.66. The molecule has 4 nitrogen and oxygen atoms in total. The zero-order valence-electron chi connectivity index (χ0n) is 12.3. The van der Waals surface area contributed by atoms with E-state index in [1.54, 1.807) is 6.07 Å². The Labute approximate surface area is 120 Å². The minimum absolute atomic E-state index is 0.163. The number of rotatable bonds is 6. The molecular formula is C15H24FN3O. The van der Waals surface area contributed by atoms with Crippen molar-refractivity contribution in [1.82, 2.24) is 15.2 Å². The van der Waals surface area contributed by atoms with E-state index < -0.39 is 0 Å². The van der Waals surface area contributed by atoms with Gasteiger partial charge in [-0.3, -0.25) is 9.88 Å². The van der Waals surface area contributed by atoms with E-state index in [1.807, 2.05) is 7.05 Å². The molecule has 112 valence electrons. The molecule has 2 atom stereocenters. The molecule has 0 aliphatic carbocycles. The lowest BCUT2D eigenvalue weighted by molar-refractivity contribution is -0.0100. The Bertz CT molecular complexity index is 399. The summed E-state index contributed by atoms with van der Waals surface area (Å²) in [5.41, 5.74) is 0.898. The third-order valence-electron chi connectivity index (χ3n) is 3.98. The summed E-state index contributed by atoms with van der Waals surface area (Å²) >= 11 is 0. The van der Waals surface area contributed by atoms with Crippen LogP contribution in [0.15, 0.2) is 18.3 Å². The first-order valence-electron chi connectivity index (χ1n) is 7.35. The Morgan fingerprint density at radius 1 is 1.55 bits per heavy atom. The van der Waals surface area contributed by atoms with Gasteiger partial charge in [-0.25, -0.2) is 4.39 Å². The maximum atomic E-state index is 12.9. The quantitative estimate of drug-likeness (QED) is 0.865. The average Bonchev–Trinajstić information content (AvgIpc) is 2.50. The van der Waals surface area contributed by atoms with E-state index in [0.717, 1.165) is 44.8 Å². The zero-order chi connectivity index (χ0) is 14.4. The average molecular weight is 281 g/mol. The molecule has 1 aliphatic heterocycles. The summed E-state index contributed by atoms with van der Waals surface area (Å²) in [5.74, 6) is -0.289. The van der Waals surface area contributed by atoms with Crippen molar-refractivity contribution in [3.05, 3.63) is 29.8 Å². The van der Waals surface area contributed by atoms with E-state index in [9.17, 15) is 4.39 Å². The molecular weight excluding hydrogens is 257 g/mol. The van der Waals surface area contributed by atoms with Crippen molar-refractivity contribution in [1.29, 1.82) is 0 Å². The summed E-state index contributed by atoms with van der Waals surface area (Å²) in [7, 11) is 1.92. The number of hydrogen-bond acceptors (Lipinski definition) is 4. The molecule has 0 amide bonds.